The van der Waals surface area contributed by atoms with Crippen LogP contribution in [0, 0.1) is 6.92 Å². The molecule has 0 aliphatic carbocycles. The normalized spacial score (nSPS) is 14.8. The molecule has 0 radical (unpaired) electrons. The second kappa shape index (κ2) is 6.77. The van der Waals surface area contributed by atoms with E-state index < -0.39 is 0 Å². The minimum Gasteiger partial charge on any atom is -0.394 e. The van der Waals surface area contributed by atoms with Gasteiger partial charge in [0.25, 0.3) is 0 Å². The molecule has 2 N–H and O–H groups in total. The number of hydrogen-bond donors (Lipinski definition) is 2. The molecule has 0 aromatic carbocycles. The molecule has 0 bridgehead atoms. The summed E-state index contributed by atoms with van der Waals surface area (Å²) in [6.45, 7) is 8.29. The average Bonchev–Trinajstić information content (AvgIpc) is 2.71. The zero-order valence-corrected chi connectivity index (χ0v) is 11.2. The molecule has 1 heterocycles. The van der Waals surface area contributed by atoms with Gasteiger partial charge in [-0.1, -0.05) is 6.92 Å². The van der Waals surface area contributed by atoms with Crippen LogP contribution in [0.4, 0.5) is 0 Å². The molecular formula is C13H25N3O. The number of hydrogen-bond acceptors (Lipinski definition) is 3. The van der Waals surface area contributed by atoms with Gasteiger partial charge in [-0.15, -0.1) is 0 Å². The lowest BCUT2D eigenvalue weighted by molar-refractivity contribution is 0.164. The third kappa shape index (κ3) is 4.48. The number of nitrogens with one attached hydrogen (secondary N) is 1. The zero-order valence-electron chi connectivity index (χ0n) is 11.2. The maximum Gasteiger partial charge on any atom is 0.105 e. The number of rotatable bonds is 8. The van der Waals surface area contributed by atoms with Crippen LogP contribution in [0.3, 0.4) is 0 Å². The Morgan fingerprint density at radius 1 is 1.47 bits per heavy atom. The largest absolute Gasteiger partial charge is 0.394 e. The van der Waals surface area contributed by atoms with E-state index in [-0.39, 0.29) is 12.1 Å². The summed E-state index contributed by atoms with van der Waals surface area (Å²) in [6.07, 6.45) is 7.10. The lowest BCUT2D eigenvalue weighted by Gasteiger charge is -2.28. The molecule has 17 heavy (non-hydrogen) atoms. The van der Waals surface area contributed by atoms with Crippen LogP contribution in [0.2, 0.25) is 0 Å². The molecule has 0 fully saturated rings. The van der Waals surface area contributed by atoms with Crippen LogP contribution >= 0.6 is 0 Å². The van der Waals surface area contributed by atoms with E-state index in [1.54, 1.807) is 0 Å². The topological polar surface area (TPSA) is 50.1 Å². The maximum atomic E-state index is 9.37. The highest BCUT2D eigenvalue weighted by molar-refractivity contribution is 4.88. The molecule has 0 saturated heterocycles. The highest BCUT2D eigenvalue weighted by Gasteiger charge is 2.20. The van der Waals surface area contributed by atoms with Crippen molar-refractivity contribution in [3.05, 3.63) is 18.2 Å². The number of likely N-dealkylation sites (N-methyl/N-ethyl adjacent to an activating group) is 1. The molecule has 4 heteroatoms. The number of unbranched alkanes of at least 4 members (excludes halogenated alkanes) is 1. The second-order valence-corrected chi connectivity index (χ2v) is 4.87. The number of aromatic nitrogens is 2. The van der Waals surface area contributed by atoms with Crippen LogP contribution in [-0.4, -0.2) is 33.3 Å². The van der Waals surface area contributed by atoms with Gasteiger partial charge in [0.15, 0.2) is 0 Å². The Hall–Kier alpha value is -0.870. The van der Waals surface area contributed by atoms with Crippen molar-refractivity contribution in [1.29, 1.82) is 0 Å². The van der Waals surface area contributed by atoms with E-state index in [0.29, 0.717) is 0 Å². The monoisotopic (exact) mass is 239 g/mol. The van der Waals surface area contributed by atoms with Crippen molar-refractivity contribution in [2.45, 2.75) is 52.1 Å². The van der Waals surface area contributed by atoms with E-state index in [0.717, 1.165) is 38.2 Å². The highest BCUT2D eigenvalue weighted by atomic mass is 16.3. The Balaban J connectivity index is 2.25. The Bertz CT molecular complexity index is 324. The van der Waals surface area contributed by atoms with E-state index >= 15 is 0 Å². The van der Waals surface area contributed by atoms with E-state index in [1.807, 2.05) is 19.3 Å². The van der Waals surface area contributed by atoms with Gasteiger partial charge < -0.3 is 15.0 Å². The first-order chi connectivity index (χ1) is 8.11. The van der Waals surface area contributed by atoms with Gasteiger partial charge in [-0.05, 0) is 39.7 Å². The van der Waals surface area contributed by atoms with Crippen molar-refractivity contribution >= 4 is 0 Å². The van der Waals surface area contributed by atoms with Crippen molar-refractivity contribution in [2.24, 2.45) is 0 Å². The standard InChI is InChI=1S/C13H25N3O/c1-4-15-13(3,11-17)7-5-6-9-16-10-8-14-12(16)2/h8,10,15,17H,4-7,9,11H2,1-3H3. The quantitative estimate of drug-likeness (QED) is 0.679. The molecule has 0 amide bonds. The van der Waals surface area contributed by atoms with Crippen LogP contribution in [-0.2, 0) is 6.54 Å². The van der Waals surface area contributed by atoms with Gasteiger partial charge in [-0.25, -0.2) is 4.98 Å². The van der Waals surface area contributed by atoms with E-state index in [9.17, 15) is 5.11 Å². The molecule has 4 nitrogen and oxygen atoms in total. The third-order valence-corrected chi connectivity index (χ3v) is 3.25. The predicted octanol–water partition coefficient (Wildman–Crippen LogP) is 1.72. The third-order valence-electron chi connectivity index (χ3n) is 3.25. The maximum absolute atomic E-state index is 9.37. The number of aliphatic hydroxyl groups is 1. The first-order valence-corrected chi connectivity index (χ1v) is 6.45. The summed E-state index contributed by atoms with van der Waals surface area (Å²) in [5.41, 5.74) is -0.126. The Morgan fingerprint density at radius 2 is 2.24 bits per heavy atom. The van der Waals surface area contributed by atoms with Crippen LogP contribution < -0.4 is 5.32 Å². The van der Waals surface area contributed by atoms with Crippen molar-refractivity contribution in [3.8, 4) is 0 Å². The molecule has 0 aliphatic heterocycles. The van der Waals surface area contributed by atoms with E-state index in [2.05, 4.69) is 28.7 Å². The summed E-state index contributed by atoms with van der Waals surface area (Å²) >= 11 is 0. The summed E-state index contributed by atoms with van der Waals surface area (Å²) in [4.78, 5) is 4.20. The van der Waals surface area contributed by atoms with Gasteiger partial charge in [-0.2, -0.15) is 0 Å². The molecule has 98 valence electrons. The summed E-state index contributed by atoms with van der Waals surface area (Å²) < 4.78 is 2.17. The van der Waals surface area contributed by atoms with E-state index in [4.69, 9.17) is 0 Å². The first kappa shape index (κ1) is 14.2. The molecule has 1 atom stereocenters. The van der Waals surface area contributed by atoms with Gasteiger partial charge in [0.05, 0.1) is 6.61 Å². The second-order valence-electron chi connectivity index (χ2n) is 4.87. The van der Waals surface area contributed by atoms with Crippen molar-refractivity contribution in [2.75, 3.05) is 13.2 Å². The SMILES string of the molecule is CCNC(C)(CO)CCCCn1ccnc1C. The Kier molecular flexibility index (Phi) is 5.65. The fraction of sp³-hybridized carbons (Fsp3) is 0.769. The zero-order chi connectivity index (χ0) is 12.7. The smallest absolute Gasteiger partial charge is 0.105 e. The Labute approximate surface area is 104 Å². The van der Waals surface area contributed by atoms with Gasteiger partial charge in [0, 0.05) is 24.5 Å². The van der Waals surface area contributed by atoms with Gasteiger partial charge >= 0.3 is 0 Å². The first-order valence-electron chi connectivity index (χ1n) is 6.45. The predicted molar refractivity (Wildman–Crippen MR) is 70.0 cm³/mol. The highest BCUT2D eigenvalue weighted by Crippen LogP contribution is 2.13. The van der Waals surface area contributed by atoms with Crippen molar-refractivity contribution in [1.82, 2.24) is 14.9 Å². The van der Waals surface area contributed by atoms with Gasteiger partial charge in [0.1, 0.15) is 5.82 Å². The van der Waals surface area contributed by atoms with Crippen LogP contribution in [0.25, 0.3) is 0 Å². The fourth-order valence-electron chi connectivity index (χ4n) is 2.09. The fourth-order valence-corrected chi connectivity index (χ4v) is 2.09. The molecule has 0 saturated carbocycles. The summed E-state index contributed by atoms with van der Waals surface area (Å²) in [5.74, 6) is 1.07. The van der Waals surface area contributed by atoms with Gasteiger partial charge in [0.2, 0.25) is 0 Å². The van der Waals surface area contributed by atoms with Crippen molar-refractivity contribution in [3.63, 3.8) is 0 Å². The summed E-state index contributed by atoms with van der Waals surface area (Å²) in [7, 11) is 0. The molecule has 0 spiro atoms. The van der Waals surface area contributed by atoms with Crippen LogP contribution in [0.1, 0.15) is 38.9 Å². The lowest BCUT2D eigenvalue weighted by atomic mass is 9.96. The Morgan fingerprint density at radius 3 is 2.76 bits per heavy atom. The molecule has 1 rings (SSSR count). The average molecular weight is 239 g/mol. The number of nitrogens with zero attached hydrogens (tertiary/aromatic N) is 2. The number of aryl methyl sites for hydroxylation is 2. The van der Waals surface area contributed by atoms with Crippen LogP contribution in [0.5, 0.6) is 0 Å². The molecular weight excluding hydrogens is 214 g/mol. The van der Waals surface area contributed by atoms with E-state index in [1.165, 1.54) is 0 Å². The summed E-state index contributed by atoms with van der Waals surface area (Å²) in [6, 6.07) is 0. The number of aliphatic hydroxyl groups excluding tert-OH is 1. The van der Waals surface area contributed by atoms with Gasteiger partial charge in [-0.3, -0.25) is 0 Å². The molecule has 0 aliphatic rings. The molecule has 1 aromatic rings. The molecule has 1 unspecified atom stereocenters. The minimum absolute atomic E-state index is 0.126. The molecule has 1 aromatic heterocycles. The van der Waals surface area contributed by atoms with Crippen LogP contribution in [0.15, 0.2) is 12.4 Å². The summed E-state index contributed by atoms with van der Waals surface area (Å²) in [5, 5.41) is 12.7. The number of imidazole rings is 1. The van der Waals surface area contributed by atoms with Crippen molar-refractivity contribution < 1.29 is 5.11 Å². The minimum atomic E-state index is -0.126. The lowest BCUT2D eigenvalue weighted by Crippen LogP contribution is -2.45.